The number of ether oxygens (including phenoxy) is 2. The third-order valence-corrected chi connectivity index (χ3v) is 6.44. The topological polar surface area (TPSA) is 38.8 Å². The summed E-state index contributed by atoms with van der Waals surface area (Å²) in [5.74, 6) is 1.82. The maximum atomic E-state index is 12.9. The van der Waals surface area contributed by atoms with Gasteiger partial charge in [-0.15, -0.1) is 22.7 Å². The quantitative estimate of drug-likeness (QED) is 0.579. The predicted octanol–water partition coefficient (Wildman–Crippen LogP) is 5.09. The number of nitrogens with zero attached hydrogens (tertiary/aromatic N) is 1. The minimum Gasteiger partial charge on any atom is -0.478 e. The molecule has 0 N–H and O–H groups in total. The number of hydrogen-bond acceptors (Lipinski definition) is 6. The van der Waals surface area contributed by atoms with E-state index in [9.17, 15) is 4.79 Å². The van der Waals surface area contributed by atoms with Crippen molar-refractivity contribution in [3.63, 3.8) is 0 Å². The van der Waals surface area contributed by atoms with Crippen LogP contribution in [0.2, 0.25) is 0 Å². The van der Waals surface area contributed by atoms with Crippen LogP contribution in [0.4, 0.5) is 0 Å². The summed E-state index contributed by atoms with van der Waals surface area (Å²) in [6.07, 6.45) is 1.83. The van der Waals surface area contributed by atoms with Crippen LogP contribution in [-0.4, -0.2) is 17.4 Å². The van der Waals surface area contributed by atoms with Gasteiger partial charge in [0.1, 0.15) is 18.2 Å². The van der Waals surface area contributed by atoms with E-state index in [2.05, 4.69) is 22.4 Å². The van der Waals surface area contributed by atoms with Gasteiger partial charge in [-0.05, 0) is 41.4 Å². The standard InChI is InChI=1S/C21H17NO3S2/c1-13-8-17-16(11-22(12-24-17)10-15-5-3-7-27-15)21-19(13)20(23)18(25-21)9-14-4-2-6-26-14/h2-9H,10-12H2,1H3/b18-9-. The first-order chi connectivity index (χ1) is 13.2. The van der Waals surface area contributed by atoms with E-state index in [-0.39, 0.29) is 5.78 Å². The summed E-state index contributed by atoms with van der Waals surface area (Å²) >= 11 is 3.32. The van der Waals surface area contributed by atoms with Gasteiger partial charge in [0.05, 0.1) is 11.1 Å². The number of hydrogen-bond donors (Lipinski definition) is 0. The fraction of sp³-hybridized carbons (Fsp3) is 0.190. The Labute approximate surface area is 165 Å². The van der Waals surface area contributed by atoms with Gasteiger partial charge >= 0.3 is 0 Å². The minimum absolute atomic E-state index is 0.0471. The van der Waals surface area contributed by atoms with E-state index in [4.69, 9.17) is 9.47 Å². The second-order valence-corrected chi connectivity index (χ2v) is 8.68. The number of rotatable bonds is 3. The van der Waals surface area contributed by atoms with Crippen LogP contribution < -0.4 is 9.47 Å². The van der Waals surface area contributed by atoms with E-state index in [1.807, 2.05) is 36.6 Å². The fourth-order valence-electron chi connectivity index (χ4n) is 3.50. The molecule has 5 rings (SSSR count). The third-order valence-electron chi connectivity index (χ3n) is 4.76. The summed E-state index contributed by atoms with van der Waals surface area (Å²) in [5.41, 5.74) is 2.52. The zero-order chi connectivity index (χ0) is 18.4. The Bertz CT molecular complexity index is 1040. The van der Waals surface area contributed by atoms with Crippen molar-refractivity contribution in [1.29, 1.82) is 0 Å². The second kappa shape index (κ2) is 6.64. The summed E-state index contributed by atoms with van der Waals surface area (Å²) in [6.45, 7) is 4.01. The van der Waals surface area contributed by atoms with Gasteiger partial charge in [0.25, 0.3) is 0 Å². The van der Waals surface area contributed by atoms with Crippen LogP contribution in [0.5, 0.6) is 11.5 Å². The van der Waals surface area contributed by atoms with Gasteiger partial charge in [-0.1, -0.05) is 12.1 Å². The molecule has 0 saturated carbocycles. The molecule has 0 saturated heterocycles. The molecule has 0 unspecified atom stereocenters. The fourth-order valence-corrected chi connectivity index (χ4v) is 4.90. The van der Waals surface area contributed by atoms with Crippen molar-refractivity contribution in [3.8, 4) is 11.5 Å². The predicted molar refractivity (Wildman–Crippen MR) is 107 cm³/mol. The van der Waals surface area contributed by atoms with E-state index in [1.54, 1.807) is 22.7 Å². The highest BCUT2D eigenvalue weighted by Gasteiger charge is 2.35. The number of ketones is 1. The summed E-state index contributed by atoms with van der Waals surface area (Å²) in [6, 6.07) is 10.1. The SMILES string of the molecule is Cc1cc2c(c3c1C(=O)/C(=C/c1cccs1)O3)CN(Cc1cccs1)CO2. The van der Waals surface area contributed by atoms with Crippen LogP contribution in [-0.2, 0) is 13.1 Å². The van der Waals surface area contributed by atoms with E-state index in [0.29, 0.717) is 30.3 Å². The van der Waals surface area contributed by atoms with E-state index >= 15 is 0 Å². The average molecular weight is 396 g/mol. The Hall–Kier alpha value is -2.41. The first kappa shape index (κ1) is 16.7. The largest absolute Gasteiger partial charge is 0.478 e. The van der Waals surface area contributed by atoms with Crippen molar-refractivity contribution >= 4 is 34.5 Å². The van der Waals surface area contributed by atoms with Gasteiger partial charge < -0.3 is 9.47 Å². The molecule has 4 heterocycles. The molecule has 136 valence electrons. The van der Waals surface area contributed by atoms with Gasteiger partial charge in [0.15, 0.2) is 5.76 Å². The molecule has 0 radical (unpaired) electrons. The highest BCUT2D eigenvalue weighted by molar-refractivity contribution is 7.10. The van der Waals surface area contributed by atoms with Crippen molar-refractivity contribution in [2.45, 2.75) is 20.0 Å². The molecule has 2 aliphatic heterocycles. The zero-order valence-corrected chi connectivity index (χ0v) is 16.4. The van der Waals surface area contributed by atoms with Crippen molar-refractivity contribution < 1.29 is 14.3 Å². The molecule has 0 fully saturated rings. The number of aryl methyl sites for hydroxylation is 1. The Morgan fingerprint density at radius 1 is 1.22 bits per heavy atom. The molecule has 1 aromatic carbocycles. The monoisotopic (exact) mass is 395 g/mol. The number of carbonyl (C=O) groups excluding carboxylic acids is 1. The van der Waals surface area contributed by atoms with E-state index < -0.39 is 0 Å². The Kier molecular flexibility index (Phi) is 4.11. The summed E-state index contributed by atoms with van der Waals surface area (Å²) in [7, 11) is 0. The molecule has 0 bridgehead atoms. The van der Waals surface area contributed by atoms with Crippen LogP contribution in [0.25, 0.3) is 6.08 Å². The molecule has 0 spiro atoms. The highest BCUT2D eigenvalue weighted by atomic mass is 32.1. The van der Waals surface area contributed by atoms with Gasteiger partial charge in [0.2, 0.25) is 5.78 Å². The van der Waals surface area contributed by atoms with Gasteiger partial charge in [0, 0.05) is 28.9 Å². The molecule has 0 aliphatic carbocycles. The molecule has 4 nitrogen and oxygen atoms in total. The first-order valence-electron chi connectivity index (χ1n) is 8.71. The maximum absolute atomic E-state index is 12.9. The third kappa shape index (κ3) is 3.00. The lowest BCUT2D eigenvalue weighted by atomic mass is 9.99. The van der Waals surface area contributed by atoms with Crippen molar-refractivity contribution in [1.82, 2.24) is 4.90 Å². The highest BCUT2D eigenvalue weighted by Crippen LogP contribution is 2.44. The summed E-state index contributed by atoms with van der Waals surface area (Å²) in [4.78, 5) is 17.4. The molecule has 0 amide bonds. The average Bonchev–Trinajstić information content (AvgIpc) is 3.40. The van der Waals surface area contributed by atoms with E-state index in [1.165, 1.54) is 4.88 Å². The lowest BCUT2D eigenvalue weighted by Crippen LogP contribution is -2.31. The lowest BCUT2D eigenvalue weighted by molar-refractivity contribution is 0.0881. The van der Waals surface area contributed by atoms with Gasteiger partial charge in [-0.2, -0.15) is 0 Å². The van der Waals surface area contributed by atoms with Crippen molar-refractivity contribution in [2.75, 3.05) is 6.73 Å². The molecular formula is C21H17NO3S2. The smallest absolute Gasteiger partial charge is 0.232 e. The van der Waals surface area contributed by atoms with Crippen LogP contribution in [0.1, 0.15) is 31.2 Å². The second-order valence-electron chi connectivity index (χ2n) is 6.67. The Balaban J connectivity index is 1.50. The molecule has 3 aromatic rings. The van der Waals surface area contributed by atoms with Crippen molar-refractivity contribution in [2.24, 2.45) is 0 Å². The van der Waals surface area contributed by atoms with Crippen LogP contribution in [0.15, 0.2) is 46.9 Å². The molecule has 0 atom stereocenters. The number of thiophene rings is 2. The lowest BCUT2D eigenvalue weighted by Gasteiger charge is -2.29. The normalized spacial score (nSPS) is 17.5. The number of benzene rings is 1. The molecule has 27 heavy (non-hydrogen) atoms. The Morgan fingerprint density at radius 3 is 2.85 bits per heavy atom. The number of allylic oxidation sites excluding steroid dienone is 1. The van der Waals surface area contributed by atoms with Crippen LogP contribution >= 0.6 is 22.7 Å². The zero-order valence-electron chi connectivity index (χ0n) is 14.7. The maximum Gasteiger partial charge on any atom is 0.232 e. The first-order valence-corrected chi connectivity index (χ1v) is 10.5. The molecular weight excluding hydrogens is 378 g/mol. The summed E-state index contributed by atoms with van der Waals surface area (Å²) < 4.78 is 12.1. The van der Waals surface area contributed by atoms with Crippen molar-refractivity contribution in [3.05, 3.63) is 73.3 Å². The number of carbonyl (C=O) groups is 1. The van der Waals surface area contributed by atoms with E-state index in [0.717, 1.165) is 28.3 Å². The van der Waals surface area contributed by atoms with Crippen LogP contribution in [0.3, 0.4) is 0 Å². The molecule has 2 aliphatic rings. The van der Waals surface area contributed by atoms with Crippen LogP contribution in [0, 0.1) is 6.92 Å². The number of Topliss-reactive ketones (excluding diaryl/α,β-unsaturated/α-hetero) is 1. The minimum atomic E-state index is -0.0471. The summed E-state index contributed by atoms with van der Waals surface area (Å²) in [5, 5.41) is 4.07. The molecule has 6 heteroatoms. The van der Waals surface area contributed by atoms with Gasteiger partial charge in [-0.3, -0.25) is 9.69 Å². The molecule has 2 aromatic heterocycles. The Morgan fingerprint density at radius 2 is 2.07 bits per heavy atom. The number of fused-ring (bicyclic) bond motifs is 3. The van der Waals surface area contributed by atoms with Gasteiger partial charge in [-0.25, -0.2) is 0 Å².